The summed E-state index contributed by atoms with van der Waals surface area (Å²) in [5.41, 5.74) is 0.591. The number of methoxy groups -OCH3 is 1. The van der Waals surface area contributed by atoms with E-state index < -0.39 is 5.69 Å². The van der Waals surface area contributed by atoms with Crippen LogP contribution in [-0.4, -0.2) is 53.1 Å². The van der Waals surface area contributed by atoms with Gasteiger partial charge in [0.2, 0.25) is 5.91 Å². The van der Waals surface area contributed by atoms with Crippen LogP contribution in [-0.2, 0) is 11.3 Å². The maximum atomic E-state index is 12.8. The molecule has 0 bridgehead atoms. The maximum Gasteiger partial charge on any atom is 0.328 e. The molecule has 0 saturated carbocycles. The monoisotopic (exact) mass is 372 g/mol. The fourth-order valence-electron chi connectivity index (χ4n) is 3.33. The number of carbonyl (C=O) groups excluding carboxylic acids is 1. The zero-order valence-electron chi connectivity index (χ0n) is 15.8. The second kappa shape index (κ2) is 7.79. The number of piperazine rings is 1. The number of hydrogen-bond donors (Lipinski definition) is 1. The van der Waals surface area contributed by atoms with Gasteiger partial charge in [0.05, 0.1) is 13.2 Å². The maximum absolute atomic E-state index is 12.8. The number of aryl methyl sites for hydroxylation is 1. The first-order valence-electron chi connectivity index (χ1n) is 8.91. The van der Waals surface area contributed by atoms with Gasteiger partial charge in [-0.25, -0.2) is 4.79 Å². The number of anilines is 1. The van der Waals surface area contributed by atoms with E-state index in [0.717, 1.165) is 5.69 Å². The molecule has 1 aliphatic rings. The highest BCUT2D eigenvalue weighted by atomic mass is 16.5. The van der Waals surface area contributed by atoms with Crippen LogP contribution >= 0.6 is 0 Å². The zero-order chi connectivity index (χ0) is 19.6. The standard InChI is InChI=1S/C19H24N4O4/c1-13-11-17(24)23(19(26)20-13)10-8-21-7-9-22(18(25)14(21)2)15-5-4-6-16(12-15)27-3/h4-6,11-12,14H,7-10H2,1-3H3,(H,20,26)/t14-/m1/s1. The third-order valence-corrected chi connectivity index (χ3v) is 4.91. The summed E-state index contributed by atoms with van der Waals surface area (Å²) in [7, 11) is 1.59. The van der Waals surface area contributed by atoms with Gasteiger partial charge in [-0.05, 0) is 26.0 Å². The van der Waals surface area contributed by atoms with Gasteiger partial charge in [-0.15, -0.1) is 0 Å². The lowest BCUT2D eigenvalue weighted by atomic mass is 10.1. The summed E-state index contributed by atoms with van der Waals surface area (Å²) in [6, 6.07) is 8.47. The van der Waals surface area contributed by atoms with Gasteiger partial charge in [0.15, 0.2) is 0 Å². The molecule has 3 rings (SSSR count). The highest BCUT2D eigenvalue weighted by molar-refractivity contribution is 5.97. The fraction of sp³-hybridized carbons (Fsp3) is 0.421. The van der Waals surface area contributed by atoms with Crippen LogP contribution < -0.4 is 20.9 Å². The van der Waals surface area contributed by atoms with Crippen molar-refractivity contribution in [3.05, 3.63) is 56.9 Å². The summed E-state index contributed by atoms with van der Waals surface area (Å²) in [5, 5.41) is 0. The fourth-order valence-corrected chi connectivity index (χ4v) is 3.33. The number of rotatable bonds is 5. The molecule has 0 radical (unpaired) electrons. The molecule has 1 aliphatic heterocycles. The Balaban J connectivity index is 1.70. The Morgan fingerprint density at radius 1 is 1.15 bits per heavy atom. The molecular weight excluding hydrogens is 348 g/mol. The van der Waals surface area contributed by atoms with Gasteiger partial charge < -0.3 is 14.6 Å². The molecule has 1 aromatic heterocycles. The highest BCUT2D eigenvalue weighted by Crippen LogP contribution is 2.24. The molecule has 1 amide bonds. The van der Waals surface area contributed by atoms with Crippen LogP contribution in [0.1, 0.15) is 12.6 Å². The summed E-state index contributed by atoms with van der Waals surface area (Å²) in [4.78, 5) is 43.2. The number of nitrogens with zero attached hydrogens (tertiary/aromatic N) is 3. The van der Waals surface area contributed by atoms with E-state index >= 15 is 0 Å². The number of ether oxygens (including phenoxy) is 1. The number of aromatic nitrogens is 2. The Bertz CT molecular complexity index is 918. The van der Waals surface area contributed by atoms with Crippen LogP contribution in [0.2, 0.25) is 0 Å². The van der Waals surface area contributed by atoms with Crippen molar-refractivity contribution in [3.8, 4) is 5.75 Å². The molecule has 0 unspecified atom stereocenters. The SMILES string of the molecule is COc1cccc(N2CCN(CCn3c(=O)cc(C)[nH]c3=O)[C@H](C)C2=O)c1. The van der Waals surface area contributed by atoms with Crippen molar-refractivity contribution in [2.75, 3.05) is 31.6 Å². The summed E-state index contributed by atoms with van der Waals surface area (Å²) < 4.78 is 6.40. The summed E-state index contributed by atoms with van der Waals surface area (Å²) >= 11 is 0. The molecule has 1 aromatic carbocycles. The summed E-state index contributed by atoms with van der Waals surface area (Å²) in [5.74, 6) is 0.688. The van der Waals surface area contributed by atoms with Crippen molar-refractivity contribution in [1.82, 2.24) is 14.5 Å². The Morgan fingerprint density at radius 2 is 1.93 bits per heavy atom. The number of amides is 1. The highest BCUT2D eigenvalue weighted by Gasteiger charge is 2.32. The van der Waals surface area contributed by atoms with Gasteiger partial charge in [-0.3, -0.25) is 19.1 Å². The number of aromatic amines is 1. The van der Waals surface area contributed by atoms with Crippen molar-refractivity contribution >= 4 is 11.6 Å². The van der Waals surface area contributed by atoms with Gasteiger partial charge in [0, 0.05) is 49.7 Å². The molecule has 27 heavy (non-hydrogen) atoms. The minimum atomic E-state index is -0.422. The lowest BCUT2D eigenvalue weighted by Crippen LogP contribution is -2.57. The quantitative estimate of drug-likeness (QED) is 0.830. The molecule has 8 nitrogen and oxygen atoms in total. The Hall–Kier alpha value is -2.87. The molecule has 1 fully saturated rings. The number of H-pyrrole nitrogens is 1. The third-order valence-electron chi connectivity index (χ3n) is 4.91. The van der Waals surface area contributed by atoms with E-state index in [2.05, 4.69) is 4.98 Å². The molecule has 1 saturated heterocycles. The third kappa shape index (κ3) is 3.95. The Kier molecular flexibility index (Phi) is 5.46. The number of hydrogen-bond acceptors (Lipinski definition) is 5. The van der Waals surface area contributed by atoms with Crippen molar-refractivity contribution in [3.63, 3.8) is 0 Å². The topological polar surface area (TPSA) is 87.6 Å². The van der Waals surface area contributed by atoms with Crippen LogP contribution in [0.5, 0.6) is 5.75 Å². The molecule has 8 heteroatoms. The van der Waals surface area contributed by atoms with Crippen LogP contribution in [0.3, 0.4) is 0 Å². The predicted octanol–water partition coefficient (Wildman–Crippen LogP) is 0.591. The second-order valence-electron chi connectivity index (χ2n) is 6.65. The smallest absolute Gasteiger partial charge is 0.328 e. The summed E-state index contributed by atoms with van der Waals surface area (Å²) in [6.07, 6.45) is 0. The predicted molar refractivity (Wildman–Crippen MR) is 102 cm³/mol. The molecular formula is C19H24N4O4. The van der Waals surface area contributed by atoms with Gasteiger partial charge in [0.25, 0.3) is 5.56 Å². The van der Waals surface area contributed by atoms with E-state index in [4.69, 9.17) is 4.74 Å². The molecule has 144 valence electrons. The lowest BCUT2D eigenvalue weighted by molar-refractivity contribution is -0.125. The average molecular weight is 372 g/mol. The molecule has 2 aromatic rings. The molecule has 0 spiro atoms. The van der Waals surface area contributed by atoms with Crippen LogP contribution in [0.15, 0.2) is 39.9 Å². The number of nitrogens with one attached hydrogen (secondary N) is 1. The van der Waals surface area contributed by atoms with E-state index in [-0.39, 0.29) is 24.1 Å². The van der Waals surface area contributed by atoms with Gasteiger partial charge in [-0.1, -0.05) is 6.07 Å². The number of benzene rings is 1. The van der Waals surface area contributed by atoms with Gasteiger partial charge in [0.1, 0.15) is 5.75 Å². The van der Waals surface area contributed by atoms with Crippen LogP contribution in [0, 0.1) is 6.92 Å². The van der Waals surface area contributed by atoms with E-state index in [1.165, 1.54) is 10.6 Å². The van der Waals surface area contributed by atoms with Crippen molar-refractivity contribution in [1.29, 1.82) is 0 Å². The van der Waals surface area contributed by atoms with E-state index in [9.17, 15) is 14.4 Å². The van der Waals surface area contributed by atoms with E-state index in [0.29, 0.717) is 31.1 Å². The molecule has 0 aliphatic carbocycles. The zero-order valence-corrected chi connectivity index (χ0v) is 15.8. The van der Waals surface area contributed by atoms with E-state index in [1.807, 2.05) is 36.1 Å². The Morgan fingerprint density at radius 3 is 2.63 bits per heavy atom. The number of carbonyl (C=O) groups is 1. The summed E-state index contributed by atoms with van der Waals surface area (Å²) in [6.45, 7) is 5.40. The first-order chi connectivity index (χ1) is 12.9. The largest absolute Gasteiger partial charge is 0.497 e. The van der Waals surface area contributed by atoms with Gasteiger partial charge >= 0.3 is 5.69 Å². The van der Waals surface area contributed by atoms with Crippen LogP contribution in [0.4, 0.5) is 5.69 Å². The minimum absolute atomic E-state index is 0.0142. The first kappa shape index (κ1) is 18.9. The lowest BCUT2D eigenvalue weighted by Gasteiger charge is -2.39. The van der Waals surface area contributed by atoms with Crippen LogP contribution in [0.25, 0.3) is 0 Å². The molecule has 1 N–H and O–H groups in total. The normalized spacial score (nSPS) is 18.0. The van der Waals surface area contributed by atoms with Crippen molar-refractivity contribution < 1.29 is 9.53 Å². The van der Waals surface area contributed by atoms with Crippen molar-refractivity contribution in [2.24, 2.45) is 0 Å². The first-order valence-corrected chi connectivity index (χ1v) is 8.91. The second-order valence-corrected chi connectivity index (χ2v) is 6.65. The molecule has 2 heterocycles. The minimum Gasteiger partial charge on any atom is -0.497 e. The van der Waals surface area contributed by atoms with E-state index in [1.54, 1.807) is 18.9 Å². The van der Waals surface area contributed by atoms with Gasteiger partial charge in [-0.2, -0.15) is 0 Å². The Labute approximate surface area is 157 Å². The van der Waals surface area contributed by atoms with Crippen molar-refractivity contribution in [2.45, 2.75) is 26.4 Å². The molecule has 1 atom stereocenters. The average Bonchev–Trinajstić information content (AvgIpc) is 2.64.